The highest BCUT2D eigenvalue weighted by molar-refractivity contribution is 5.02. The van der Waals surface area contributed by atoms with E-state index >= 15 is 0 Å². The molecule has 1 saturated heterocycles. The van der Waals surface area contributed by atoms with Crippen LogP contribution in [0.4, 0.5) is 0 Å². The standard InChI is InChI=1S/C8H14N4/c1-12-8(6-10-11-12)7-4-2-3-5-9-7/h6-7,9H,2-5H2,1H3. The van der Waals surface area contributed by atoms with Crippen molar-refractivity contribution in [2.24, 2.45) is 7.05 Å². The molecule has 1 aromatic rings. The zero-order valence-corrected chi connectivity index (χ0v) is 7.32. The fourth-order valence-electron chi connectivity index (χ4n) is 1.72. The number of aryl methyl sites for hydroxylation is 1. The van der Waals surface area contributed by atoms with Gasteiger partial charge in [0.1, 0.15) is 0 Å². The van der Waals surface area contributed by atoms with Crippen LogP contribution in [0.1, 0.15) is 31.0 Å². The predicted molar refractivity (Wildman–Crippen MR) is 45.6 cm³/mol. The molecule has 66 valence electrons. The number of nitrogens with one attached hydrogen (secondary N) is 1. The lowest BCUT2D eigenvalue weighted by Gasteiger charge is -2.22. The lowest BCUT2D eigenvalue weighted by Crippen LogP contribution is -2.28. The van der Waals surface area contributed by atoms with Gasteiger partial charge in [-0.05, 0) is 19.4 Å². The monoisotopic (exact) mass is 166 g/mol. The molecule has 0 radical (unpaired) electrons. The summed E-state index contributed by atoms with van der Waals surface area (Å²) in [7, 11) is 1.94. The van der Waals surface area contributed by atoms with Gasteiger partial charge in [0.05, 0.1) is 17.9 Å². The quantitative estimate of drug-likeness (QED) is 0.665. The third-order valence-electron chi connectivity index (χ3n) is 2.42. The highest BCUT2D eigenvalue weighted by Gasteiger charge is 2.17. The summed E-state index contributed by atoms with van der Waals surface area (Å²) in [6.07, 6.45) is 5.66. The highest BCUT2D eigenvalue weighted by atomic mass is 15.4. The van der Waals surface area contributed by atoms with Crippen molar-refractivity contribution in [3.05, 3.63) is 11.9 Å². The summed E-state index contributed by atoms with van der Waals surface area (Å²) >= 11 is 0. The van der Waals surface area contributed by atoms with Gasteiger partial charge in [-0.15, -0.1) is 5.10 Å². The van der Waals surface area contributed by atoms with Crippen molar-refractivity contribution in [1.82, 2.24) is 20.3 Å². The van der Waals surface area contributed by atoms with E-state index in [1.807, 2.05) is 17.9 Å². The van der Waals surface area contributed by atoms with Gasteiger partial charge in [-0.25, -0.2) is 0 Å². The summed E-state index contributed by atoms with van der Waals surface area (Å²) < 4.78 is 1.85. The van der Waals surface area contributed by atoms with Gasteiger partial charge < -0.3 is 5.32 Å². The van der Waals surface area contributed by atoms with Crippen LogP contribution in [0.3, 0.4) is 0 Å². The molecule has 1 aliphatic rings. The average Bonchev–Trinajstić information content (AvgIpc) is 2.53. The molecule has 1 aliphatic heterocycles. The fourth-order valence-corrected chi connectivity index (χ4v) is 1.72. The predicted octanol–water partition coefficient (Wildman–Crippen LogP) is 0.630. The fraction of sp³-hybridized carbons (Fsp3) is 0.750. The van der Waals surface area contributed by atoms with Crippen molar-refractivity contribution < 1.29 is 0 Å². The Labute approximate surface area is 72.0 Å². The average molecular weight is 166 g/mol. The van der Waals surface area contributed by atoms with E-state index in [1.165, 1.54) is 25.0 Å². The highest BCUT2D eigenvalue weighted by Crippen LogP contribution is 2.20. The molecule has 0 aromatic carbocycles. The van der Waals surface area contributed by atoms with Crippen molar-refractivity contribution in [3.8, 4) is 0 Å². The summed E-state index contributed by atoms with van der Waals surface area (Å²) in [5.41, 5.74) is 1.20. The summed E-state index contributed by atoms with van der Waals surface area (Å²) in [4.78, 5) is 0. The summed E-state index contributed by atoms with van der Waals surface area (Å²) in [5.74, 6) is 0. The topological polar surface area (TPSA) is 42.7 Å². The van der Waals surface area contributed by atoms with Crippen LogP contribution in [-0.2, 0) is 7.05 Å². The Morgan fingerprint density at radius 3 is 3.08 bits per heavy atom. The van der Waals surface area contributed by atoms with Crippen LogP contribution >= 0.6 is 0 Å². The maximum atomic E-state index is 3.92. The molecule has 1 aromatic heterocycles. The van der Waals surface area contributed by atoms with Gasteiger partial charge in [-0.3, -0.25) is 4.68 Å². The van der Waals surface area contributed by atoms with E-state index in [0.29, 0.717) is 6.04 Å². The van der Waals surface area contributed by atoms with E-state index in [4.69, 9.17) is 0 Å². The van der Waals surface area contributed by atoms with Crippen molar-refractivity contribution in [2.45, 2.75) is 25.3 Å². The van der Waals surface area contributed by atoms with E-state index in [9.17, 15) is 0 Å². The van der Waals surface area contributed by atoms with Gasteiger partial charge in [0.2, 0.25) is 0 Å². The zero-order chi connectivity index (χ0) is 8.39. The molecule has 0 spiro atoms. The second-order valence-electron chi connectivity index (χ2n) is 3.28. The molecule has 0 aliphatic carbocycles. The van der Waals surface area contributed by atoms with Crippen LogP contribution in [-0.4, -0.2) is 21.5 Å². The molecule has 1 fully saturated rings. The van der Waals surface area contributed by atoms with Crippen LogP contribution in [0, 0.1) is 0 Å². The minimum absolute atomic E-state index is 0.471. The van der Waals surface area contributed by atoms with Crippen LogP contribution < -0.4 is 5.32 Å². The molecule has 2 rings (SSSR count). The largest absolute Gasteiger partial charge is 0.309 e. The molecule has 2 heterocycles. The summed E-state index contributed by atoms with van der Waals surface area (Å²) in [6.45, 7) is 1.12. The molecule has 12 heavy (non-hydrogen) atoms. The van der Waals surface area contributed by atoms with Crippen LogP contribution in [0.2, 0.25) is 0 Å². The van der Waals surface area contributed by atoms with Gasteiger partial charge in [0.25, 0.3) is 0 Å². The first-order valence-corrected chi connectivity index (χ1v) is 4.46. The van der Waals surface area contributed by atoms with Gasteiger partial charge in [-0.1, -0.05) is 11.6 Å². The maximum Gasteiger partial charge on any atom is 0.0753 e. The molecule has 4 heteroatoms. The first kappa shape index (κ1) is 7.73. The van der Waals surface area contributed by atoms with E-state index in [-0.39, 0.29) is 0 Å². The lowest BCUT2D eigenvalue weighted by molar-refractivity contribution is 0.393. The normalized spacial score (nSPS) is 24.2. The Balaban J connectivity index is 2.13. The Hall–Kier alpha value is -0.900. The van der Waals surface area contributed by atoms with Crippen LogP contribution in [0.15, 0.2) is 6.20 Å². The Kier molecular flexibility index (Phi) is 2.08. The first-order chi connectivity index (χ1) is 5.88. The number of nitrogens with zero attached hydrogens (tertiary/aromatic N) is 3. The molecule has 1 unspecified atom stereocenters. The summed E-state index contributed by atoms with van der Waals surface area (Å²) in [5, 5.41) is 11.2. The molecular formula is C8H14N4. The Bertz CT molecular complexity index is 249. The SMILES string of the molecule is Cn1nncc1C1CCCCN1. The summed E-state index contributed by atoms with van der Waals surface area (Å²) in [6, 6.07) is 0.471. The lowest BCUT2D eigenvalue weighted by atomic mass is 10.0. The van der Waals surface area contributed by atoms with Gasteiger partial charge in [0.15, 0.2) is 0 Å². The van der Waals surface area contributed by atoms with E-state index in [1.54, 1.807) is 0 Å². The molecular weight excluding hydrogens is 152 g/mol. The molecule has 1 N–H and O–H groups in total. The minimum atomic E-state index is 0.471. The molecule has 1 atom stereocenters. The molecule has 0 saturated carbocycles. The van der Waals surface area contributed by atoms with Crippen LogP contribution in [0.5, 0.6) is 0 Å². The minimum Gasteiger partial charge on any atom is -0.309 e. The van der Waals surface area contributed by atoms with Gasteiger partial charge in [-0.2, -0.15) is 0 Å². The number of piperidine rings is 1. The van der Waals surface area contributed by atoms with Crippen molar-refractivity contribution in [1.29, 1.82) is 0 Å². The molecule has 4 nitrogen and oxygen atoms in total. The number of aromatic nitrogens is 3. The third kappa shape index (κ3) is 1.34. The first-order valence-electron chi connectivity index (χ1n) is 4.46. The number of hydrogen-bond donors (Lipinski definition) is 1. The Morgan fingerprint density at radius 2 is 2.50 bits per heavy atom. The van der Waals surface area contributed by atoms with Crippen molar-refractivity contribution in [2.75, 3.05) is 6.54 Å². The van der Waals surface area contributed by atoms with Crippen molar-refractivity contribution in [3.63, 3.8) is 0 Å². The van der Waals surface area contributed by atoms with Crippen molar-refractivity contribution >= 4 is 0 Å². The van der Waals surface area contributed by atoms with E-state index in [0.717, 1.165) is 6.54 Å². The smallest absolute Gasteiger partial charge is 0.0753 e. The Morgan fingerprint density at radius 1 is 1.58 bits per heavy atom. The molecule has 0 bridgehead atoms. The van der Waals surface area contributed by atoms with E-state index in [2.05, 4.69) is 15.6 Å². The maximum absolute atomic E-state index is 3.92. The second-order valence-corrected chi connectivity index (χ2v) is 3.28. The van der Waals surface area contributed by atoms with Gasteiger partial charge in [0, 0.05) is 7.05 Å². The number of rotatable bonds is 1. The van der Waals surface area contributed by atoms with Gasteiger partial charge >= 0.3 is 0 Å². The molecule has 0 amide bonds. The van der Waals surface area contributed by atoms with Crippen LogP contribution in [0.25, 0.3) is 0 Å². The van der Waals surface area contributed by atoms with E-state index < -0.39 is 0 Å². The number of hydrogen-bond acceptors (Lipinski definition) is 3. The third-order valence-corrected chi connectivity index (χ3v) is 2.42. The zero-order valence-electron chi connectivity index (χ0n) is 7.32. The second kappa shape index (κ2) is 3.23.